The Morgan fingerprint density at radius 3 is 3.11 bits per heavy atom. The Morgan fingerprint density at radius 1 is 1.53 bits per heavy atom. The third-order valence-electron chi connectivity index (χ3n) is 2.79. The molecule has 1 unspecified atom stereocenters. The SMILES string of the molecule is S=C(NCC1CCCO1)NN=Cc1ccccc1Cl. The van der Waals surface area contributed by atoms with Crippen LogP contribution in [0.1, 0.15) is 18.4 Å². The minimum atomic E-state index is 0.257. The summed E-state index contributed by atoms with van der Waals surface area (Å²) < 4.78 is 5.49. The average Bonchev–Trinajstić information content (AvgIpc) is 2.92. The fourth-order valence-corrected chi connectivity index (χ4v) is 2.11. The molecule has 19 heavy (non-hydrogen) atoms. The third kappa shape index (κ3) is 4.78. The summed E-state index contributed by atoms with van der Waals surface area (Å²) in [4.78, 5) is 0. The Kier molecular flexibility index (Phi) is 5.57. The van der Waals surface area contributed by atoms with E-state index in [4.69, 9.17) is 28.6 Å². The first kappa shape index (κ1) is 14.2. The van der Waals surface area contributed by atoms with Crippen molar-refractivity contribution >= 4 is 35.1 Å². The summed E-state index contributed by atoms with van der Waals surface area (Å²) in [6.45, 7) is 1.56. The molecule has 1 saturated heterocycles. The Labute approximate surface area is 123 Å². The van der Waals surface area contributed by atoms with E-state index in [1.165, 1.54) is 0 Å². The normalized spacial score (nSPS) is 18.7. The predicted molar refractivity (Wildman–Crippen MR) is 81.8 cm³/mol. The largest absolute Gasteiger partial charge is 0.376 e. The molecule has 1 aromatic rings. The number of rotatable bonds is 4. The Morgan fingerprint density at radius 2 is 2.37 bits per heavy atom. The Bertz CT molecular complexity index is 461. The van der Waals surface area contributed by atoms with Crippen molar-refractivity contribution in [1.29, 1.82) is 0 Å². The van der Waals surface area contributed by atoms with E-state index in [9.17, 15) is 0 Å². The third-order valence-corrected chi connectivity index (χ3v) is 3.37. The second-order valence-electron chi connectivity index (χ2n) is 4.24. The molecule has 1 aliphatic heterocycles. The van der Waals surface area contributed by atoms with Gasteiger partial charge in [0.05, 0.1) is 12.3 Å². The first-order chi connectivity index (χ1) is 9.25. The molecule has 0 amide bonds. The van der Waals surface area contributed by atoms with Gasteiger partial charge in [-0.05, 0) is 31.1 Å². The zero-order valence-electron chi connectivity index (χ0n) is 10.4. The van der Waals surface area contributed by atoms with E-state index in [2.05, 4.69) is 15.8 Å². The van der Waals surface area contributed by atoms with Gasteiger partial charge >= 0.3 is 0 Å². The number of hydrazone groups is 1. The molecule has 4 nitrogen and oxygen atoms in total. The van der Waals surface area contributed by atoms with Crippen LogP contribution in [-0.2, 0) is 4.74 Å². The molecule has 6 heteroatoms. The van der Waals surface area contributed by atoms with Gasteiger partial charge in [-0.15, -0.1) is 0 Å². The number of benzene rings is 1. The molecule has 1 fully saturated rings. The van der Waals surface area contributed by atoms with Crippen molar-refractivity contribution < 1.29 is 4.74 Å². The monoisotopic (exact) mass is 297 g/mol. The number of thiocarbonyl (C=S) groups is 1. The van der Waals surface area contributed by atoms with E-state index in [-0.39, 0.29) is 6.10 Å². The lowest BCUT2D eigenvalue weighted by Crippen LogP contribution is -2.37. The first-order valence-corrected chi connectivity index (χ1v) is 6.97. The fraction of sp³-hybridized carbons (Fsp3) is 0.385. The van der Waals surface area contributed by atoms with Gasteiger partial charge in [-0.2, -0.15) is 5.10 Å². The number of hydrogen-bond donors (Lipinski definition) is 2. The molecule has 102 valence electrons. The van der Waals surface area contributed by atoms with Gasteiger partial charge in [0.25, 0.3) is 0 Å². The smallest absolute Gasteiger partial charge is 0.187 e. The summed E-state index contributed by atoms with van der Waals surface area (Å²) in [6.07, 6.45) is 4.10. The second-order valence-corrected chi connectivity index (χ2v) is 5.05. The maximum atomic E-state index is 6.00. The molecule has 1 aliphatic rings. The van der Waals surface area contributed by atoms with E-state index < -0.39 is 0 Å². The van der Waals surface area contributed by atoms with Crippen LogP contribution in [-0.4, -0.2) is 30.6 Å². The van der Waals surface area contributed by atoms with Gasteiger partial charge in [-0.25, -0.2) is 0 Å². The molecule has 2 N–H and O–H groups in total. The number of halogens is 1. The van der Waals surface area contributed by atoms with Gasteiger partial charge in [0.2, 0.25) is 0 Å². The topological polar surface area (TPSA) is 45.6 Å². The zero-order valence-corrected chi connectivity index (χ0v) is 12.0. The Balaban J connectivity index is 1.72. The van der Waals surface area contributed by atoms with Crippen molar-refractivity contribution in [2.24, 2.45) is 5.10 Å². The minimum Gasteiger partial charge on any atom is -0.376 e. The quantitative estimate of drug-likeness (QED) is 0.509. The van der Waals surface area contributed by atoms with Crippen molar-refractivity contribution in [3.63, 3.8) is 0 Å². The fourth-order valence-electron chi connectivity index (χ4n) is 1.79. The molecule has 1 heterocycles. The van der Waals surface area contributed by atoms with Gasteiger partial charge in [-0.1, -0.05) is 29.8 Å². The number of ether oxygens (including phenoxy) is 1. The lowest BCUT2D eigenvalue weighted by atomic mass is 10.2. The van der Waals surface area contributed by atoms with E-state index in [0.717, 1.165) is 25.0 Å². The standard InChI is InChI=1S/C13H16ClN3OS/c14-12-6-2-1-4-10(12)8-16-17-13(19)15-9-11-5-3-7-18-11/h1-2,4,6,8,11H,3,5,7,9H2,(H2,15,17,19). The number of nitrogens with one attached hydrogen (secondary N) is 2. The molecule has 0 aromatic heterocycles. The van der Waals surface area contributed by atoms with Crippen LogP contribution < -0.4 is 10.7 Å². The van der Waals surface area contributed by atoms with E-state index in [1.54, 1.807) is 6.21 Å². The van der Waals surface area contributed by atoms with Crippen molar-refractivity contribution in [3.05, 3.63) is 34.9 Å². The van der Waals surface area contributed by atoms with E-state index in [0.29, 0.717) is 16.7 Å². The predicted octanol–water partition coefficient (Wildman–Crippen LogP) is 2.32. The maximum Gasteiger partial charge on any atom is 0.187 e. The molecule has 1 atom stereocenters. The number of nitrogens with zero attached hydrogens (tertiary/aromatic N) is 1. The molecule has 0 radical (unpaired) electrons. The van der Waals surface area contributed by atoms with Crippen LogP contribution in [0.5, 0.6) is 0 Å². The maximum absolute atomic E-state index is 6.00. The molecule has 0 saturated carbocycles. The summed E-state index contributed by atoms with van der Waals surface area (Å²) in [5.41, 5.74) is 3.60. The van der Waals surface area contributed by atoms with Gasteiger partial charge in [0.15, 0.2) is 5.11 Å². The van der Waals surface area contributed by atoms with Gasteiger partial charge < -0.3 is 10.1 Å². The summed E-state index contributed by atoms with van der Waals surface area (Å²) in [5.74, 6) is 0. The molecule has 1 aromatic carbocycles. The highest BCUT2D eigenvalue weighted by atomic mass is 35.5. The van der Waals surface area contributed by atoms with Crippen molar-refractivity contribution in [1.82, 2.24) is 10.7 Å². The molecule has 2 rings (SSSR count). The van der Waals surface area contributed by atoms with Crippen LogP contribution in [0, 0.1) is 0 Å². The van der Waals surface area contributed by atoms with Gasteiger partial charge in [-0.3, -0.25) is 5.43 Å². The summed E-state index contributed by atoms with van der Waals surface area (Å²) in [5, 5.41) is 8.26. The van der Waals surface area contributed by atoms with Gasteiger partial charge in [0.1, 0.15) is 0 Å². The molecule has 0 bridgehead atoms. The highest BCUT2D eigenvalue weighted by molar-refractivity contribution is 7.80. The van der Waals surface area contributed by atoms with E-state index in [1.807, 2.05) is 24.3 Å². The van der Waals surface area contributed by atoms with Crippen LogP contribution in [0.25, 0.3) is 0 Å². The molecular formula is C13H16ClN3OS. The van der Waals surface area contributed by atoms with Crippen LogP contribution in [0.3, 0.4) is 0 Å². The minimum absolute atomic E-state index is 0.257. The average molecular weight is 298 g/mol. The first-order valence-electron chi connectivity index (χ1n) is 6.19. The van der Waals surface area contributed by atoms with Crippen molar-refractivity contribution in [2.75, 3.05) is 13.2 Å². The van der Waals surface area contributed by atoms with Crippen molar-refractivity contribution in [3.8, 4) is 0 Å². The lowest BCUT2D eigenvalue weighted by Gasteiger charge is -2.11. The summed E-state index contributed by atoms with van der Waals surface area (Å²) in [7, 11) is 0. The Hall–Kier alpha value is -1.17. The van der Waals surface area contributed by atoms with Crippen LogP contribution in [0.4, 0.5) is 0 Å². The highest BCUT2D eigenvalue weighted by Crippen LogP contribution is 2.12. The number of hydrogen-bond acceptors (Lipinski definition) is 3. The lowest BCUT2D eigenvalue weighted by molar-refractivity contribution is 0.114. The zero-order chi connectivity index (χ0) is 13.5. The molecule has 0 aliphatic carbocycles. The van der Waals surface area contributed by atoms with Crippen LogP contribution >= 0.6 is 23.8 Å². The van der Waals surface area contributed by atoms with E-state index >= 15 is 0 Å². The van der Waals surface area contributed by atoms with Crippen LogP contribution in [0.2, 0.25) is 5.02 Å². The summed E-state index contributed by atoms with van der Waals surface area (Å²) in [6, 6.07) is 7.48. The highest BCUT2D eigenvalue weighted by Gasteiger charge is 2.14. The van der Waals surface area contributed by atoms with Crippen molar-refractivity contribution in [2.45, 2.75) is 18.9 Å². The summed E-state index contributed by atoms with van der Waals surface area (Å²) >= 11 is 11.1. The molecular weight excluding hydrogens is 282 g/mol. The molecule has 0 spiro atoms. The second kappa shape index (κ2) is 7.43. The van der Waals surface area contributed by atoms with Crippen LogP contribution in [0.15, 0.2) is 29.4 Å². The van der Waals surface area contributed by atoms with Gasteiger partial charge in [0, 0.05) is 23.7 Å².